The smallest absolute Gasteiger partial charge is 0.254 e. The molecule has 5 nitrogen and oxygen atoms in total. The van der Waals surface area contributed by atoms with E-state index in [0.717, 1.165) is 22.9 Å². The monoisotopic (exact) mass is 458 g/mol. The normalized spacial score (nSPS) is 10.9. The molecule has 0 aliphatic rings. The van der Waals surface area contributed by atoms with Crippen LogP contribution < -0.4 is 15.6 Å². The van der Waals surface area contributed by atoms with Crippen LogP contribution in [0.1, 0.15) is 22.3 Å². The van der Waals surface area contributed by atoms with E-state index < -0.39 is 0 Å². The lowest BCUT2D eigenvalue weighted by Gasteiger charge is -2.14. The molecule has 3 aromatic carbocycles. The van der Waals surface area contributed by atoms with Gasteiger partial charge in [-0.15, -0.1) is 0 Å². The Hall–Kier alpha value is -3.93. The first kappa shape index (κ1) is 23.2. The molecule has 1 amide bonds. The number of hydrogen-bond acceptors (Lipinski definition) is 3. The van der Waals surface area contributed by atoms with E-state index in [1.807, 2.05) is 25.1 Å². The predicted octanol–water partition coefficient (Wildman–Crippen LogP) is 4.56. The Labute approximate surface area is 197 Å². The minimum Gasteiger partial charge on any atom is -0.497 e. The number of rotatable bonds is 8. The molecule has 0 bridgehead atoms. The van der Waals surface area contributed by atoms with Crippen LogP contribution in [0.25, 0.3) is 10.9 Å². The number of nitrogens with one attached hydrogen (secondary N) is 1. The van der Waals surface area contributed by atoms with Gasteiger partial charge in [0.15, 0.2) is 0 Å². The molecular weight excluding hydrogens is 431 g/mol. The minimum atomic E-state index is -0.329. The maximum absolute atomic E-state index is 13.4. The van der Waals surface area contributed by atoms with Gasteiger partial charge in [-0.2, -0.15) is 0 Å². The Morgan fingerprint density at radius 2 is 1.65 bits per heavy atom. The van der Waals surface area contributed by atoms with Crippen LogP contribution in [-0.2, 0) is 30.7 Å². The number of carbonyl (C=O) groups is 1. The molecule has 1 aromatic heterocycles. The Morgan fingerprint density at radius 1 is 0.941 bits per heavy atom. The quantitative estimate of drug-likeness (QED) is 0.421. The van der Waals surface area contributed by atoms with Gasteiger partial charge >= 0.3 is 0 Å². The van der Waals surface area contributed by atoms with Crippen molar-refractivity contribution < 1.29 is 13.9 Å². The van der Waals surface area contributed by atoms with Crippen molar-refractivity contribution in [1.82, 2.24) is 9.88 Å². The molecular formula is C28H27FN2O3. The number of nitrogens with zero attached hydrogens (tertiary/aromatic N) is 1. The molecule has 4 rings (SSSR count). The van der Waals surface area contributed by atoms with E-state index >= 15 is 0 Å². The van der Waals surface area contributed by atoms with Crippen LogP contribution >= 0.6 is 0 Å². The van der Waals surface area contributed by atoms with Crippen molar-refractivity contribution in [2.75, 3.05) is 7.11 Å². The number of amides is 1. The highest BCUT2D eigenvalue weighted by Gasteiger charge is 2.14. The summed E-state index contributed by atoms with van der Waals surface area (Å²) in [6, 6.07) is 21.6. The molecule has 0 saturated heterocycles. The number of pyridine rings is 1. The summed E-state index contributed by atoms with van der Waals surface area (Å²) in [5.74, 6) is -0.0181. The van der Waals surface area contributed by atoms with Crippen LogP contribution in [-0.4, -0.2) is 17.6 Å². The van der Waals surface area contributed by atoms with E-state index in [-0.39, 0.29) is 30.4 Å². The summed E-state index contributed by atoms with van der Waals surface area (Å²) in [6.45, 7) is 2.17. The number of benzene rings is 3. The van der Waals surface area contributed by atoms with E-state index in [0.29, 0.717) is 23.3 Å². The van der Waals surface area contributed by atoms with E-state index in [2.05, 4.69) is 29.6 Å². The molecule has 0 spiro atoms. The van der Waals surface area contributed by atoms with Gasteiger partial charge in [-0.1, -0.05) is 42.0 Å². The van der Waals surface area contributed by atoms with Gasteiger partial charge in [0.25, 0.3) is 5.56 Å². The largest absolute Gasteiger partial charge is 0.497 e. The second kappa shape index (κ2) is 10.3. The molecule has 6 heteroatoms. The number of methoxy groups -OCH3 is 1. The average molecular weight is 459 g/mol. The molecule has 174 valence electrons. The molecule has 1 heterocycles. The summed E-state index contributed by atoms with van der Waals surface area (Å²) in [4.78, 5) is 26.2. The molecule has 0 unspecified atom stereocenters. The van der Waals surface area contributed by atoms with Gasteiger partial charge in [0.1, 0.15) is 18.1 Å². The Balaban J connectivity index is 1.60. The van der Waals surface area contributed by atoms with E-state index in [1.165, 1.54) is 22.3 Å². The predicted molar refractivity (Wildman–Crippen MR) is 132 cm³/mol. The van der Waals surface area contributed by atoms with Crippen molar-refractivity contribution in [3.05, 3.63) is 111 Å². The third kappa shape index (κ3) is 5.52. The first-order valence-corrected chi connectivity index (χ1v) is 11.2. The number of aromatic nitrogens is 1. The molecule has 0 aliphatic carbocycles. The molecule has 0 atom stereocenters. The molecule has 34 heavy (non-hydrogen) atoms. The van der Waals surface area contributed by atoms with Crippen LogP contribution in [0.3, 0.4) is 0 Å². The SMILES string of the molecule is COc1ccc2cc(CCc3ccc(C)cc3)c(=O)n(CC(=O)NCc3ccc(F)cc3)c2c1. The lowest BCUT2D eigenvalue weighted by Crippen LogP contribution is -2.33. The summed E-state index contributed by atoms with van der Waals surface area (Å²) in [6.07, 6.45) is 1.30. The summed E-state index contributed by atoms with van der Waals surface area (Å²) in [7, 11) is 1.56. The standard InChI is InChI=1S/C28H27FN2O3/c1-19-3-5-20(6-4-19)7-10-23-15-22-11-14-25(34-2)16-26(22)31(28(23)33)18-27(32)30-17-21-8-12-24(29)13-9-21/h3-6,8-9,11-16H,7,10,17-18H2,1-2H3,(H,30,32). The van der Waals surface area contributed by atoms with Crippen molar-refractivity contribution in [3.8, 4) is 5.75 Å². The molecule has 0 saturated carbocycles. The average Bonchev–Trinajstić information content (AvgIpc) is 2.85. The summed E-state index contributed by atoms with van der Waals surface area (Å²) < 4.78 is 20.0. The van der Waals surface area contributed by atoms with Gasteiger partial charge in [0.05, 0.1) is 12.6 Å². The summed E-state index contributed by atoms with van der Waals surface area (Å²) in [5.41, 5.74) is 4.23. The van der Waals surface area contributed by atoms with E-state index in [1.54, 1.807) is 25.3 Å². The Morgan fingerprint density at radius 3 is 2.35 bits per heavy atom. The van der Waals surface area contributed by atoms with Crippen molar-refractivity contribution in [1.29, 1.82) is 0 Å². The minimum absolute atomic E-state index is 0.123. The third-order valence-corrected chi connectivity index (χ3v) is 5.89. The second-order valence-electron chi connectivity index (χ2n) is 8.37. The zero-order chi connectivity index (χ0) is 24.1. The molecule has 0 radical (unpaired) electrons. The third-order valence-electron chi connectivity index (χ3n) is 5.89. The number of aryl methyl sites for hydroxylation is 3. The Kier molecular flexibility index (Phi) is 7.07. The number of halogens is 1. The number of hydrogen-bond donors (Lipinski definition) is 1. The van der Waals surface area contributed by atoms with Crippen LogP contribution in [0.15, 0.2) is 77.6 Å². The maximum Gasteiger partial charge on any atom is 0.254 e. The topological polar surface area (TPSA) is 60.3 Å². The van der Waals surface area contributed by atoms with Crippen molar-refractivity contribution in [2.24, 2.45) is 0 Å². The number of ether oxygens (including phenoxy) is 1. The van der Waals surface area contributed by atoms with Crippen LogP contribution in [0.5, 0.6) is 5.75 Å². The fourth-order valence-corrected chi connectivity index (χ4v) is 3.91. The number of carbonyl (C=O) groups excluding carboxylic acids is 1. The first-order chi connectivity index (χ1) is 16.4. The maximum atomic E-state index is 13.4. The van der Waals surface area contributed by atoms with Gasteiger partial charge in [-0.3, -0.25) is 14.2 Å². The van der Waals surface area contributed by atoms with Crippen LogP contribution in [0.2, 0.25) is 0 Å². The molecule has 0 aliphatic heterocycles. The highest BCUT2D eigenvalue weighted by atomic mass is 19.1. The van der Waals surface area contributed by atoms with Crippen molar-refractivity contribution >= 4 is 16.8 Å². The zero-order valence-electron chi connectivity index (χ0n) is 19.3. The van der Waals surface area contributed by atoms with Crippen molar-refractivity contribution in [3.63, 3.8) is 0 Å². The molecule has 4 aromatic rings. The Bertz CT molecular complexity index is 1360. The highest BCUT2D eigenvalue weighted by molar-refractivity contribution is 5.84. The summed E-state index contributed by atoms with van der Waals surface area (Å²) in [5, 5.41) is 3.68. The summed E-state index contributed by atoms with van der Waals surface area (Å²) >= 11 is 0. The zero-order valence-corrected chi connectivity index (χ0v) is 19.3. The van der Waals surface area contributed by atoms with Gasteiger partial charge in [0, 0.05) is 18.2 Å². The van der Waals surface area contributed by atoms with Crippen molar-refractivity contribution in [2.45, 2.75) is 32.9 Å². The fraction of sp³-hybridized carbons (Fsp3) is 0.214. The van der Waals surface area contributed by atoms with Crippen LogP contribution in [0, 0.1) is 12.7 Å². The number of fused-ring (bicyclic) bond motifs is 1. The van der Waals surface area contributed by atoms with E-state index in [9.17, 15) is 14.0 Å². The molecule has 0 fully saturated rings. The molecule has 1 N–H and O–H groups in total. The van der Waals surface area contributed by atoms with E-state index in [4.69, 9.17) is 4.74 Å². The fourth-order valence-electron chi connectivity index (χ4n) is 3.91. The lowest BCUT2D eigenvalue weighted by atomic mass is 10.0. The first-order valence-electron chi connectivity index (χ1n) is 11.2. The highest BCUT2D eigenvalue weighted by Crippen LogP contribution is 2.21. The second-order valence-corrected chi connectivity index (χ2v) is 8.37. The van der Waals surface area contributed by atoms with Crippen LogP contribution in [0.4, 0.5) is 4.39 Å². The van der Waals surface area contributed by atoms with Gasteiger partial charge < -0.3 is 10.1 Å². The van der Waals surface area contributed by atoms with Gasteiger partial charge in [-0.05, 0) is 66.6 Å². The lowest BCUT2D eigenvalue weighted by molar-refractivity contribution is -0.121. The van der Waals surface area contributed by atoms with Gasteiger partial charge in [-0.25, -0.2) is 4.39 Å². The van der Waals surface area contributed by atoms with Gasteiger partial charge in [0.2, 0.25) is 5.91 Å².